The van der Waals surface area contributed by atoms with Crippen LogP contribution in [0.1, 0.15) is 42.5 Å². The standard InChI is InChI=1S/C16H21N5O2/c22-9-13-4-2-1-3-5-14(13)20-16(23)12-6-7-18-15(8-12)21-11-17-10-19-21/h6-8,10-11,13-14,22H,1-5,9H2,(H,20,23). The first-order valence-electron chi connectivity index (χ1n) is 8.00. The van der Waals surface area contributed by atoms with Crippen molar-refractivity contribution in [2.45, 2.75) is 38.1 Å². The van der Waals surface area contributed by atoms with E-state index in [0.717, 1.165) is 32.1 Å². The normalized spacial score (nSPS) is 21.6. The van der Waals surface area contributed by atoms with Gasteiger partial charge in [-0.05, 0) is 25.0 Å². The lowest BCUT2D eigenvalue weighted by molar-refractivity contribution is 0.0899. The second kappa shape index (κ2) is 7.32. The van der Waals surface area contributed by atoms with E-state index in [1.807, 2.05) is 0 Å². The van der Waals surface area contributed by atoms with E-state index < -0.39 is 0 Å². The molecule has 2 aromatic rings. The number of hydrogen-bond donors (Lipinski definition) is 2. The molecule has 1 aliphatic rings. The highest BCUT2D eigenvalue weighted by Gasteiger charge is 2.25. The first kappa shape index (κ1) is 15.6. The van der Waals surface area contributed by atoms with Crippen LogP contribution < -0.4 is 5.32 Å². The summed E-state index contributed by atoms with van der Waals surface area (Å²) in [7, 11) is 0. The molecule has 1 aliphatic carbocycles. The smallest absolute Gasteiger partial charge is 0.251 e. The summed E-state index contributed by atoms with van der Waals surface area (Å²) in [6.45, 7) is 0.117. The van der Waals surface area contributed by atoms with Crippen LogP contribution in [-0.4, -0.2) is 43.4 Å². The zero-order chi connectivity index (χ0) is 16.1. The Bertz CT molecular complexity index is 644. The summed E-state index contributed by atoms with van der Waals surface area (Å²) < 4.78 is 1.51. The average molecular weight is 315 g/mol. The summed E-state index contributed by atoms with van der Waals surface area (Å²) in [6, 6.07) is 3.40. The van der Waals surface area contributed by atoms with Crippen LogP contribution in [0.5, 0.6) is 0 Å². The predicted octanol–water partition coefficient (Wildman–Crippen LogP) is 1.33. The van der Waals surface area contributed by atoms with E-state index in [4.69, 9.17) is 0 Å². The van der Waals surface area contributed by atoms with Crippen molar-refractivity contribution >= 4 is 5.91 Å². The third-order valence-electron chi connectivity index (χ3n) is 4.37. The molecule has 2 N–H and O–H groups in total. The van der Waals surface area contributed by atoms with Gasteiger partial charge in [0.05, 0.1) is 0 Å². The predicted molar refractivity (Wildman–Crippen MR) is 84.1 cm³/mol. The molecule has 2 unspecified atom stereocenters. The Morgan fingerprint density at radius 1 is 1.35 bits per heavy atom. The summed E-state index contributed by atoms with van der Waals surface area (Å²) in [4.78, 5) is 20.6. The number of hydrogen-bond acceptors (Lipinski definition) is 5. The molecule has 1 saturated carbocycles. The minimum absolute atomic E-state index is 0.0259. The molecular formula is C16H21N5O2. The molecule has 0 spiro atoms. The monoisotopic (exact) mass is 315 g/mol. The van der Waals surface area contributed by atoms with Gasteiger partial charge in [0.15, 0.2) is 5.82 Å². The highest BCUT2D eigenvalue weighted by Crippen LogP contribution is 2.23. The molecule has 2 heterocycles. The maximum Gasteiger partial charge on any atom is 0.251 e. The number of amides is 1. The van der Waals surface area contributed by atoms with Gasteiger partial charge in [-0.2, -0.15) is 5.10 Å². The molecule has 0 bridgehead atoms. The molecule has 7 heteroatoms. The largest absolute Gasteiger partial charge is 0.396 e. The van der Waals surface area contributed by atoms with Crippen molar-refractivity contribution in [3.63, 3.8) is 0 Å². The van der Waals surface area contributed by atoms with Crippen molar-refractivity contribution in [1.29, 1.82) is 0 Å². The molecule has 2 atom stereocenters. The van der Waals surface area contributed by atoms with Gasteiger partial charge in [-0.15, -0.1) is 0 Å². The van der Waals surface area contributed by atoms with Gasteiger partial charge in [-0.1, -0.05) is 19.3 Å². The molecule has 2 aromatic heterocycles. The number of aromatic nitrogens is 4. The topological polar surface area (TPSA) is 92.9 Å². The maximum absolute atomic E-state index is 12.5. The van der Waals surface area contributed by atoms with Crippen LogP contribution >= 0.6 is 0 Å². The lowest BCUT2D eigenvalue weighted by Gasteiger charge is -2.24. The number of rotatable bonds is 4. The molecule has 0 radical (unpaired) electrons. The molecule has 0 saturated heterocycles. The van der Waals surface area contributed by atoms with Crippen molar-refractivity contribution < 1.29 is 9.90 Å². The minimum Gasteiger partial charge on any atom is -0.396 e. The third kappa shape index (κ3) is 3.73. The summed E-state index contributed by atoms with van der Waals surface area (Å²) in [5.74, 6) is 0.548. The van der Waals surface area contributed by atoms with E-state index in [1.165, 1.54) is 17.3 Å². The van der Waals surface area contributed by atoms with Crippen molar-refractivity contribution in [2.75, 3.05) is 6.61 Å². The molecule has 0 aliphatic heterocycles. The van der Waals surface area contributed by atoms with Crippen LogP contribution in [0.3, 0.4) is 0 Å². The Balaban J connectivity index is 1.73. The zero-order valence-electron chi connectivity index (χ0n) is 12.9. The molecule has 122 valence electrons. The summed E-state index contributed by atoms with van der Waals surface area (Å²) in [5, 5.41) is 16.7. The van der Waals surface area contributed by atoms with E-state index in [0.29, 0.717) is 11.4 Å². The lowest BCUT2D eigenvalue weighted by Crippen LogP contribution is -2.41. The van der Waals surface area contributed by atoms with Crippen LogP contribution in [0.25, 0.3) is 5.82 Å². The molecule has 23 heavy (non-hydrogen) atoms. The van der Waals surface area contributed by atoms with Crippen LogP contribution in [0, 0.1) is 5.92 Å². The quantitative estimate of drug-likeness (QED) is 0.830. The third-order valence-corrected chi connectivity index (χ3v) is 4.37. The SMILES string of the molecule is O=C(NC1CCCCCC1CO)c1ccnc(-n2cncn2)c1. The van der Waals surface area contributed by atoms with Crippen LogP contribution in [0.2, 0.25) is 0 Å². The second-order valence-electron chi connectivity index (χ2n) is 5.90. The van der Waals surface area contributed by atoms with Gasteiger partial charge in [0.1, 0.15) is 12.7 Å². The van der Waals surface area contributed by atoms with Crippen molar-refractivity contribution in [3.05, 3.63) is 36.5 Å². The fourth-order valence-electron chi connectivity index (χ4n) is 3.06. The van der Waals surface area contributed by atoms with Gasteiger partial charge < -0.3 is 10.4 Å². The van der Waals surface area contributed by atoms with Gasteiger partial charge in [-0.25, -0.2) is 14.6 Å². The van der Waals surface area contributed by atoms with Crippen molar-refractivity contribution in [3.8, 4) is 5.82 Å². The number of aliphatic hydroxyl groups excluding tert-OH is 1. The van der Waals surface area contributed by atoms with E-state index in [-0.39, 0.29) is 24.5 Å². The lowest BCUT2D eigenvalue weighted by atomic mass is 9.95. The number of carbonyl (C=O) groups is 1. The van der Waals surface area contributed by atoms with E-state index >= 15 is 0 Å². The average Bonchev–Trinajstić information content (AvgIpc) is 3.03. The first-order valence-corrected chi connectivity index (χ1v) is 8.00. The highest BCUT2D eigenvalue weighted by molar-refractivity contribution is 5.94. The number of carbonyl (C=O) groups excluding carboxylic acids is 1. The summed E-state index contributed by atoms with van der Waals surface area (Å²) in [5.41, 5.74) is 0.534. The van der Waals surface area contributed by atoms with Gasteiger partial charge in [-0.3, -0.25) is 4.79 Å². The molecule has 3 rings (SSSR count). The van der Waals surface area contributed by atoms with Crippen LogP contribution in [-0.2, 0) is 0 Å². The Morgan fingerprint density at radius 2 is 2.22 bits per heavy atom. The Morgan fingerprint density at radius 3 is 3.00 bits per heavy atom. The van der Waals surface area contributed by atoms with Crippen molar-refractivity contribution in [1.82, 2.24) is 25.1 Å². The summed E-state index contributed by atoms with van der Waals surface area (Å²) in [6.07, 6.45) is 9.78. The Labute approximate surface area is 134 Å². The number of aliphatic hydroxyl groups is 1. The van der Waals surface area contributed by atoms with E-state index in [2.05, 4.69) is 20.4 Å². The Hall–Kier alpha value is -2.28. The van der Waals surface area contributed by atoms with Gasteiger partial charge in [0, 0.05) is 30.3 Å². The molecule has 7 nitrogen and oxygen atoms in total. The highest BCUT2D eigenvalue weighted by atomic mass is 16.3. The number of pyridine rings is 1. The molecule has 1 amide bonds. The van der Waals surface area contributed by atoms with Crippen LogP contribution in [0.15, 0.2) is 31.0 Å². The van der Waals surface area contributed by atoms with Gasteiger partial charge in [0.25, 0.3) is 5.91 Å². The zero-order valence-corrected chi connectivity index (χ0v) is 12.9. The molecule has 1 fully saturated rings. The van der Waals surface area contributed by atoms with Crippen molar-refractivity contribution in [2.24, 2.45) is 5.92 Å². The fourth-order valence-corrected chi connectivity index (χ4v) is 3.06. The molecule has 0 aromatic carbocycles. The van der Waals surface area contributed by atoms with Gasteiger partial charge in [0.2, 0.25) is 0 Å². The maximum atomic E-state index is 12.5. The molecular weight excluding hydrogens is 294 g/mol. The Kier molecular flexibility index (Phi) is 4.97. The summed E-state index contributed by atoms with van der Waals surface area (Å²) >= 11 is 0. The number of nitrogens with zero attached hydrogens (tertiary/aromatic N) is 4. The van der Waals surface area contributed by atoms with Gasteiger partial charge >= 0.3 is 0 Å². The second-order valence-corrected chi connectivity index (χ2v) is 5.90. The number of nitrogens with one attached hydrogen (secondary N) is 1. The first-order chi connectivity index (χ1) is 11.3. The van der Waals surface area contributed by atoms with E-state index in [9.17, 15) is 9.90 Å². The fraction of sp³-hybridized carbons (Fsp3) is 0.500. The minimum atomic E-state index is -0.140. The van der Waals surface area contributed by atoms with Crippen LogP contribution in [0.4, 0.5) is 0 Å². The van der Waals surface area contributed by atoms with E-state index in [1.54, 1.807) is 18.3 Å².